The molecule has 1 atom stereocenters. The van der Waals surface area contributed by atoms with E-state index in [9.17, 15) is 19.2 Å². The molecular weight excluding hydrogens is 528 g/mol. The molecule has 8 nitrogen and oxygen atoms in total. The number of amides is 2. The highest BCUT2D eigenvalue weighted by atomic mass is 35.5. The average Bonchev–Trinajstić information content (AvgIpc) is 3.19. The summed E-state index contributed by atoms with van der Waals surface area (Å²) < 4.78 is 1.65. The summed E-state index contributed by atoms with van der Waals surface area (Å²) in [4.78, 5) is 57.8. The lowest BCUT2D eigenvalue weighted by atomic mass is 10.0. The Kier molecular flexibility index (Phi) is 7.91. The molecule has 0 aliphatic carbocycles. The van der Waals surface area contributed by atoms with Crippen LogP contribution in [0.2, 0.25) is 5.02 Å². The molecule has 40 heavy (non-hydrogen) atoms. The van der Waals surface area contributed by atoms with Gasteiger partial charge in [-0.2, -0.15) is 0 Å². The van der Waals surface area contributed by atoms with Gasteiger partial charge in [-0.15, -0.1) is 0 Å². The number of aromatic nitrogens is 2. The molecule has 0 spiro atoms. The van der Waals surface area contributed by atoms with Crippen molar-refractivity contribution in [2.75, 3.05) is 13.1 Å². The molecule has 0 fully saturated rings. The number of nitrogens with zero attached hydrogens (tertiary/aromatic N) is 3. The van der Waals surface area contributed by atoms with Crippen LogP contribution in [-0.4, -0.2) is 45.1 Å². The Morgan fingerprint density at radius 3 is 2.23 bits per heavy atom. The minimum atomic E-state index is -0.428. The van der Waals surface area contributed by atoms with Gasteiger partial charge in [-0.05, 0) is 41.8 Å². The Morgan fingerprint density at radius 2 is 1.57 bits per heavy atom. The quantitative estimate of drug-likeness (QED) is 0.286. The maximum Gasteiger partial charge on any atom is 0.261 e. The van der Waals surface area contributed by atoms with E-state index in [-0.39, 0.29) is 48.6 Å². The fourth-order valence-corrected chi connectivity index (χ4v) is 5.15. The van der Waals surface area contributed by atoms with Crippen LogP contribution in [0.25, 0.3) is 10.9 Å². The molecule has 1 N–H and O–H groups in total. The Morgan fingerprint density at radius 1 is 0.925 bits per heavy atom. The van der Waals surface area contributed by atoms with Crippen LogP contribution >= 0.6 is 11.6 Å². The summed E-state index contributed by atoms with van der Waals surface area (Å²) in [6.07, 6.45) is 0.0147. The molecule has 1 aliphatic rings. The first kappa shape index (κ1) is 27.4. The molecule has 1 aromatic heterocycles. The highest BCUT2D eigenvalue weighted by Gasteiger charge is 2.35. The summed E-state index contributed by atoms with van der Waals surface area (Å²) in [5.41, 5.74) is 1.96. The number of carbonyl (C=O) groups is 3. The molecule has 0 radical (unpaired) electrons. The summed E-state index contributed by atoms with van der Waals surface area (Å²) in [6, 6.07) is 20.9. The molecule has 9 heteroatoms. The molecular formula is C31H29ClN4O4. The molecule has 2 amide bonds. The van der Waals surface area contributed by atoms with E-state index in [0.29, 0.717) is 39.4 Å². The predicted octanol–water partition coefficient (Wildman–Crippen LogP) is 4.64. The van der Waals surface area contributed by atoms with Gasteiger partial charge in [0.2, 0.25) is 0 Å². The van der Waals surface area contributed by atoms with Gasteiger partial charge in [-0.3, -0.25) is 28.6 Å². The van der Waals surface area contributed by atoms with Crippen molar-refractivity contribution in [3.05, 3.63) is 111 Å². The number of hydrogen-bond donors (Lipinski definition) is 1. The topological polar surface area (TPSA) is 101 Å². The standard InChI is InChI=1S/C31H29ClN4O4/c1-19(2)27(33-17-22(37)14-15-35-29(38)23-10-6-7-11-24(23)30(35)39)28-34-26-16-21(32)12-13-25(26)31(40)36(28)18-20-8-4-3-5-9-20/h3-13,16,19,27,33H,14-15,17-18H2,1-2H3. The average molecular weight is 557 g/mol. The maximum atomic E-state index is 13.7. The van der Waals surface area contributed by atoms with Gasteiger partial charge in [0.25, 0.3) is 17.4 Å². The third kappa shape index (κ3) is 5.46. The van der Waals surface area contributed by atoms with Gasteiger partial charge in [-0.25, -0.2) is 4.98 Å². The van der Waals surface area contributed by atoms with E-state index in [1.54, 1.807) is 47.0 Å². The van der Waals surface area contributed by atoms with E-state index >= 15 is 0 Å². The lowest BCUT2D eigenvalue weighted by molar-refractivity contribution is -0.118. The first-order chi connectivity index (χ1) is 19.2. The van der Waals surface area contributed by atoms with Crippen molar-refractivity contribution in [2.45, 2.75) is 32.9 Å². The number of benzene rings is 3. The van der Waals surface area contributed by atoms with Crippen LogP contribution < -0.4 is 10.9 Å². The van der Waals surface area contributed by atoms with Crippen molar-refractivity contribution in [3.63, 3.8) is 0 Å². The zero-order valence-electron chi connectivity index (χ0n) is 22.3. The molecule has 204 valence electrons. The van der Waals surface area contributed by atoms with Gasteiger partial charge in [0, 0.05) is 18.0 Å². The molecule has 1 unspecified atom stereocenters. The molecule has 1 aliphatic heterocycles. The predicted molar refractivity (Wildman–Crippen MR) is 154 cm³/mol. The van der Waals surface area contributed by atoms with Gasteiger partial charge < -0.3 is 5.32 Å². The van der Waals surface area contributed by atoms with Gasteiger partial charge in [-0.1, -0.05) is 67.9 Å². The number of rotatable bonds is 10. The molecule has 3 aromatic carbocycles. The molecule has 2 heterocycles. The summed E-state index contributed by atoms with van der Waals surface area (Å²) in [6.45, 7) is 4.29. The van der Waals surface area contributed by atoms with Crippen LogP contribution in [0.15, 0.2) is 77.6 Å². The highest BCUT2D eigenvalue weighted by molar-refractivity contribution is 6.31. The Balaban J connectivity index is 1.37. The van der Waals surface area contributed by atoms with E-state index in [1.807, 2.05) is 44.2 Å². The first-order valence-corrected chi connectivity index (χ1v) is 13.6. The zero-order valence-corrected chi connectivity index (χ0v) is 23.0. The number of halogens is 1. The SMILES string of the molecule is CC(C)C(NCC(=O)CCN1C(=O)c2ccccc2C1=O)c1nc2cc(Cl)ccc2c(=O)n1Cc1ccccc1. The van der Waals surface area contributed by atoms with Crippen molar-refractivity contribution >= 4 is 40.1 Å². The van der Waals surface area contributed by atoms with Crippen LogP contribution in [0.3, 0.4) is 0 Å². The van der Waals surface area contributed by atoms with Crippen LogP contribution in [0.4, 0.5) is 0 Å². The summed E-state index contributed by atoms with van der Waals surface area (Å²) in [7, 11) is 0. The molecule has 4 aromatic rings. The fraction of sp³-hybridized carbons (Fsp3) is 0.258. The van der Waals surface area contributed by atoms with E-state index in [4.69, 9.17) is 16.6 Å². The van der Waals surface area contributed by atoms with Crippen molar-refractivity contribution in [1.82, 2.24) is 19.8 Å². The Bertz CT molecular complexity index is 1630. The highest BCUT2D eigenvalue weighted by Crippen LogP contribution is 2.25. The first-order valence-electron chi connectivity index (χ1n) is 13.2. The van der Waals surface area contributed by atoms with Crippen molar-refractivity contribution in [3.8, 4) is 0 Å². The second-order valence-electron chi connectivity index (χ2n) is 10.2. The summed E-state index contributed by atoms with van der Waals surface area (Å²) in [5.74, 6) is -0.444. The van der Waals surface area contributed by atoms with Gasteiger partial charge in [0.15, 0.2) is 0 Å². The minimum absolute atomic E-state index is 0.00461. The second kappa shape index (κ2) is 11.5. The van der Waals surface area contributed by atoms with Gasteiger partial charge >= 0.3 is 0 Å². The largest absolute Gasteiger partial charge is 0.300 e. The number of fused-ring (bicyclic) bond motifs is 2. The van der Waals surface area contributed by atoms with E-state index in [1.165, 1.54) is 0 Å². The number of nitrogens with one attached hydrogen (secondary N) is 1. The van der Waals surface area contributed by atoms with Crippen molar-refractivity contribution in [2.24, 2.45) is 5.92 Å². The lowest BCUT2D eigenvalue weighted by Crippen LogP contribution is -2.38. The summed E-state index contributed by atoms with van der Waals surface area (Å²) in [5, 5.41) is 4.23. The zero-order chi connectivity index (χ0) is 28.4. The van der Waals surface area contributed by atoms with Gasteiger partial charge in [0.1, 0.15) is 11.6 Å². The molecule has 0 bridgehead atoms. The van der Waals surface area contributed by atoms with E-state index in [2.05, 4.69) is 5.32 Å². The fourth-order valence-electron chi connectivity index (χ4n) is 4.98. The number of ketones is 1. The number of Topliss-reactive ketones (excluding diaryl/α,β-unsaturated/α-hetero) is 1. The van der Waals surface area contributed by atoms with Crippen molar-refractivity contribution < 1.29 is 14.4 Å². The third-order valence-electron chi connectivity index (χ3n) is 7.09. The van der Waals surface area contributed by atoms with Crippen LogP contribution in [0.5, 0.6) is 0 Å². The third-order valence-corrected chi connectivity index (χ3v) is 7.32. The lowest BCUT2D eigenvalue weighted by Gasteiger charge is -2.25. The van der Waals surface area contributed by atoms with Crippen LogP contribution in [0.1, 0.15) is 58.4 Å². The molecule has 0 saturated carbocycles. The Labute approximate surface area is 236 Å². The molecule has 0 saturated heterocycles. The monoisotopic (exact) mass is 556 g/mol. The van der Waals surface area contributed by atoms with E-state index in [0.717, 1.165) is 10.5 Å². The second-order valence-corrected chi connectivity index (χ2v) is 10.6. The van der Waals surface area contributed by atoms with Crippen LogP contribution in [0, 0.1) is 5.92 Å². The number of carbonyl (C=O) groups excluding carboxylic acids is 3. The minimum Gasteiger partial charge on any atom is -0.300 e. The Hall–Kier alpha value is -4.14. The maximum absolute atomic E-state index is 13.7. The number of imide groups is 1. The normalized spacial score (nSPS) is 13.8. The number of hydrogen-bond acceptors (Lipinski definition) is 6. The van der Waals surface area contributed by atoms with E-state index < -0.39 is 6.04 Å². The summed E-state index contributed by atoms with van der Waals surface area (Å²) >= 11 is 6.22. The van der Waals surface area contributed by atoms with Crippen LogP contribution in [-0.2, 0) is 11.3 Å². The smallest absolute Gasteiger partial charge is 0.261 e. The molecule has 5 rings (SSSR count). The van der Waals surface area contributed by atoms with Crippen molar-refractivity contribution in [1.29, 1.82) is 0 Å². The van der Waals surface area contributed by atoms with Gasteiger partial charge in [0.05, 0.1) is 41.2 Å².